The van der Waals surface area contributed by atoms with Crippen molar-refractivity contribution in [3.8, 4) is 0 Å². The van der Waals surface area contributed by atoms with E-state index in [2.05, 4.69) is 27.4 Å². The number of nitrogens with zero attached hydrogens (tertiary/aromatic N) is 1. The van der Waals surface area contributed by atoms with Crippen LogP contribution < -0.4 is 0 Å². The van der Waals surface area contributed by atoms with Crippen LogP contribution >= 0.6 is 0 Å². The van der Waals surface area contributed by atoms with Crippen molar-refractivity contribution < 1.29 is 14.4 Å². The van der Waals surface area contributed by atoms with Crippen LogP contribution in [0, 0.1) is 23.7 Å². The molecule has 1 aromatic rings. The maximum atomic E-state index is 13.3. The molecular formula is C47H77NO3. The fourth-order valence-electron chi connectivity index (χ4n) is 9.60. The lowest BCUT2D eigenvalue weighted by molar-refractivity contribution is 0.0581. The van der Waals surface area contributed by atoms with Crippen LogP contribution in [0.1, 0.15) is 238 Å². The van der Waals surface area contributed by atoms with Crippen molar-refractivity contribution in [1.82, 2.24) is 4.90 Å². The van der Waals surface area contributed by atoms with Crippen LogP contribution in [0.25, 0.3) is 5.70 Å². The molecule has 3 rings (SSSR count). The molecule has 51 heavy (non-hydrogen) atoms. The first-order valence-corrected chi connectivity index (χ1v) is 22.0. The summed E-state index contributed by atoms with van der Waals surface area (Å²) in [5, 5.41) is 0. The first-order valence-electron chi connectivity index (χ1n) is 22.0. The van der Waals surface area contributed by atoms with Crippen molar-refractivity contribution in [3.63, 3.8) is 0 Å². The molecule has 0 aromatic heterocycles. The predicted octanol–water partition coefficient (Wildman–Crippen LogP) is 14.2. The maximum Gasteiger partial charge on any atom is 0.258 e. The summed E-state index contributed by atoms with van der Waals surface area (Å²) in [6, 6.07) is 3.31. The van der Waals surface area contributed by atoms with Crippen molar-refractivity contribution in [3.05, 3.63) is 41.0 Å². The second-order valence-electron chi connectivity index (χ2n) is 16.5. The zero-order chi connectivity index (χ0) is 37.0. The molecular weight excluding hydrogens is 627 g/mol. The van der Waals surface area contributed by atoms with Gasteiger partial charge in [0, 0.05) is 34.5 Å². The number of rotatable bonds is 28. The van der Waals surface area contributed by atoms with Gasteiger partial charge in [0.1, 0.15) is 0 Å². The van der Waals surface area contributed by atoms with E-state index < -0.39 is 0 Å². The molecule has 0 saturated heterocycles. The lowest BCUT2D eigenvalue weighted by atomic mass is 9.61. The molecule has 1 saturated carbocycles. The first kappa shape index (κ1) is 43.2. The smallest absolute Gasteiger partial charge is 0.258 e. The van der Waals surface area contributed by atoms with Crippen molar-refractivity contribution in [1.29, 1.82) is 0 Å². The second-order valence-corrected chi connectivity index (χ2v) is 16.5. The number of fused-ring (bicyclic) bond motifs is 1. The standard InChI is InChI=1S/C47H77NO3/c1-7-10-13-16-19-24-29-41-39(27-22-14-11-8-2)31-32-40(28-23-15-12-9-3)42(41)30-25-20-17-18-21-26-33-48-36(4)43-34-44(37(5)49)45(38(6)50)35-46(43)47(48)51/h34-35,39-42H,4,7-33H2,1-3,5-6H3. The van der Waals surface area contributed by atoms with E-state index in [9.17, 15) is 14.4 Å². The predicted molar refractivity (Wildman–Crippen MR) is 218 cm³/mol. The molecule has 4 atom stereocenters. The van der Waals surface area contributed by atoms with Crippen LogP contribution in [0.2, 0.25) is 0 Å². The summed E-state index contributed by atoms with van der Waals surface area (Å²) in [6.07, 6.45) is 35.7. The van der Waals surface area contributed by atoms with Gasteiger partial charge in [0.15, 0.2) is 11.6 Å². The summed E-state index contributed by atoms with van der Waals surface area (Å²) in [7, 11) is 0. The van der Waals surface area contributed by atoms with E-state index in [1.807, 2.05) is 0 Å². The van der Waals surface area contributed by atoms with E-state index in [0.717, 1.165) is 36.5 Å². The minimum Gasteiger partial charge on any atom is -0.308 e. The Hall–Kier alpha value is -2.23. The molecule has 288 valence electrons. The number of hydrogen-bond acceptors (Lipinski definition) is 3. The van der Waals surface area contributed by atoms with Gasteiger partial charge in [-0.25, -0.2) is 0 Å². The van der Waals surface area contributed by atoms with Crippen molar-refractivity contribution >= 4 is 23.2 Å². The summed E-state index contributed by atoms with van der Waals surface area (Å²) < 4.78 is 0. The summed E-state index contributed by atoms with van der Waals surface area (Å²) in [5.74, 6) is 3.36. The van der Waals surface area contributed by atoms with Gasteiger partial charge in [0.05, 0.1) is 0 Å². The van der Waals surface area contributed by atoms with Crippen molar-refractivity contribution in [2.45, 2.75) is 202 Å². The lowest BCUT2D eigenvalue weighted by Gasteiger charge is -2.44. The Kier molecular flexibility index (Phi) is 20.5. The molecule has 1 fully saturated rings. The largest absolute Gasteiger partial charge is 0.308 e. The van der Waals surface area contributed by atoms with Crippen molar-refractivity contribution in [2.75, 3.05) is 6.54 Å². The van der Waals surface area contributed by atoms with Crippen LogP contribution in [0.3, 0.4) is 0 Å². The molecule has 0 radical (unpaired) electrons. The van der Waals surface area contributed by atoms with Crippen molar-refractivity contribution in [2.24, 2.45) is 23.7 Å². The maximum absolute atomic E-state index is 13.3. The first-order chi connectivity index (χ1) is 24.7. The summed E-state index contributed by atoms with van der Waals surface area (Å²) in [6.45, 7) is 14.7. The average Bonchev–Trinajstić information content (AvgIpc) is 3.35. The monoisotopic (exact) mass is 704 g/mol. The summed E-state index contributed by atoms with van der Waals surface area (Å²) in [4.78, 5) is 39.4. The number of Topliss-reactive ketones (excluding diaryl/α,β-unsaturated/α-hetero) is 2. The van der Waals surface area contributed by atoms with Gasteiger partial charge in [0.25, 0.3) is 5.91 Å². The van der Waals surface area contributed by atoms with E-state index in [4.69, 9.17) is 0 Å². The molecule has 4 nitrogen and oxygen atoms in total. The van der Waals surface area contributed by atoms with Gasteiger partial charge in [0.2, 0.25) is 0 Å². The molecule has 4 heteroatoms. The van der Waals surface area contributed by atoms with E-state index in [1.54, 1.807) is 17.0 Å². The molecule has 1 heterocycles. The van der Waals surface area contributed by atoms with Crippen LogP contribution in [-0.4, -0.2) is 28.9 Å². The molecule has 1 aromatic carbocycles. The number of unbranched alkanes of at least 4 members (excludes halogenated alkanes) is 16. The topological polar surface area (TPSA) is 54.5 Å². The Labute approximate surface area is 314 Å². The SMILES string of the molecule is C=C1c2cc(C(C)=O)c(C(C)=O)cc2C(=O)N1CCCCCCCCC1C(CCCCCC)CCC(CCCCCC)C1CCCCCCCC. The Balaban J connectivity index is 1.51. The Morgan fingerprint density at radius 1 is 0.569 bits per heavy atom. The zero-order valence-electron chi connectivity index (χ0n) is 33.9. The van der Waals surface area contributed by atoms with Gasteiger partial charge in [-0.15, -0.1) is 0 Å². The number of ketones is 2. The molecule has 1 aliphatic heterocycles. The highest BCUT2D eigenvalue weighted by Gasteiger charge is 2.38. The van der Waals surface area contributed by atoms with Crippen LogP contribution in [0.15, 0.2) is 18.7 Å². The third-order valence-electron chi connectivity index (χ3n) is 12.6. The van der Waals surface area contributed by atoms with E-state index in [1.165, 1.54) is 168 Å². The van der Waals surface area contributed by atoms with Gasteiger partial charge in [-0.05, 0) is 81.8 Å². The Morgan fingerprint density at radius 2 is 0.941 bits per heavy atom. The van der Waals surface area contributed by atoms with Gasteiger partial charge in [-0.2, -0.15) is 0 Å². The highest BCUT2D eigenvalue weighted by Crippen LogP contribution is 2.48. The molecule has 2 aliphatic rings. The highest BCUT2D eigenvalue weighted by atomic mass is 16.2. The van der Waals surface area contributed by atoms with Crippen LogP contribution in [0.4, 0.5) is 0 Å². The second kappa shape index (κ2) is 24.2. The minimum atomic E-state index is -0.193. The molecule has 0 bridgehead atoms. The number of carbonyl (C=O) groups is 3. The number of benzene rings is 1. The molecule has 0 spiro atoms. The molecule has 1 amide bonds. The Bertz CT molecular complexity index is 1160. The zero-order valence-corrected chi connectivity index (χ0v) is 33.9. The lowest BCUT2D eigenvalue weighted by Crippen LogP contribution is -2.35. The minimum absolute atomic E-state index is 0.0940. The molecule has 4 unspecified atom stereocenters. The van der Waals surface area contributed by atoms with Crippen LogP contribution in [0.5, 0.6) is 0 Å². The highest BCUT2D eigenvalue weighted by molar-refractivity contribution is 6.14. The molecule has 1 aliphatic carbocycles. The number of carbonyl (C=O) groups excluding carboxylic acids is 3. The normalized spacial score (nSPS) is 20.3. The third-order valence-corrected chi connectivity index (χ3v) is 12.6. The summed E-state index contributed by atoms with van der Waals surface area (Å²) >= 11 is 0. The van der Waals surface area contributed by atoms with E-state index >= 15 is 0 Å². The fraction of sp³-hybridized carbons (Fsp3) is 0.766. The average molecular weight is 704 g/mol. The van der Waals surface area contributed by atoms with E-state index in [-0.39, 0.29) is 17.5 Å². The fourth-order valence-corrected chi connectivity index (χ4v) is 9.60. The quantitative estimate of drug-likeness (QED) is 0.0645. The van der Waals surface area contributed by atoms with Gasteiger partial charge in [-0.1, -0.05) is 162 Å². The van der Waals surface area contributed by atoms with Gasteiger partial charge < -0.3 is 4.90 Å². The van der Waals surface area contributed by atoms with E-state index in [0.29, 0.717) is 34.5 Å². The summed E-state index contributed by atoms with van der Waals surface area (Å²) in [5.41, 5.74) is 2.56. The number of hydrogen-bond donors (Lipinski definition) is 0. The third kappa shape index (κ3) is 13.6. The Morgan fingerprint density at radius 3 is 1.39 bits per heavy atom. The molecule has 0 N–H and O–H groups in total. The number of amides is 1. The van der Waals surface area contributed by atoms with Gasteiger partial charge in [-0.3, -0.25) is 14.4 Å². The van der Waals surface area contributed by atoms with Gasteiger partial charge >= 0.3 is 0 Å². The van der Waals surface area contributed by atoms with Crippen LogP contribution in [-0.2, 0) is 0 Å².